The Labute approximate surface area is 180 Å². The van der Waals surface area contributed by atoms with Crippen molar-refractivity contribution >= 4 is 40.1 Å². The van der Waals surface area contributed by atoms with Crippen LogP contribution in [-0.2, 0) is 18.3 Å². The highest BCUT2D eigenvalue weighted by molar-refractivity contribution is 6.29. The predicted molar refractivity (Wildman–Crippen MR) is 119 cm³/mol. The van der Waals surface area contributed by atoms with E-state index in [1.165, 1.54) is 6.20 Å². The van der Waals surface area contributed by atoms with E-state index < -0.39 is 0 Å². The Morgan fingerprint density at radius 1 is 1.20 bits per heavy atom. The number of halogens is 1. The molecule has 3 aromatic rings. The molecular weight excluding hydrogens is 402 g/mol. The minimum atomic E-state index is -0.175. The molecule has 0 aliphatic heterocycles. The predicted octanol–water partition coefficient (Wildman–Crippen LogP) is 3.97. The maximum atomic E-state index is 12.1. The summed E-state index contributed by atoms with van der Waals surface area (Å²) in [6, 6.07) is 8.99. The summed E-state index contributed by atoms with van der Waals surface area (Å²) >= 11 is 5.74. The zero-order valence-electron chi connectivity index (χ0n) is 17.4. The molecule has 30 heavy (non-hydrogen) atoms. The second-order valence-corrected chi connectivity index (χ2v) is 8.05. The van der Waals surface area contributed by atoms with Crippen LogP contribution in [0.3, 0.4) is 0 Å². The van der Waals surface area contributed by atoms with Crippen LogP contribution < -0.4 is 10.6 Å². The molecule has 0 aliphatic rings. The molecule has 0 fully saturated rings. The van der Waals surface area contributed by atoms with E-state index in [4.69, 9.17) is 16.6 Å². The number of aryl methyl sites for hydroxylation is 2. The number of fused-ring (bicyclic) bond motifs is 1. The van der Waals surface area contributed by atoms with Gasteiger partial charge < -0.3 is 15.2 Å². The van der Waals surface area contributed by atoms with Crippen LogP contribution in [0.2, 0.25) is 5.15 Å². The van der Waals surface area contributed by atoms with Crippen molar-refractivity contribution in [2.75, 3.05) is 11.9 Å². The molecule has 158 valence electrons. The van der Waals surface area contributed by atoms with E-state index in [1.807, 2.05) is 43.7 Å². The van der Waals surface area contributed by atoms with Gasteiger partial charge in [0.1, 0.15) is 11.0 Å². The van der Waals surface area contributed by atoms with E-state index in [9.17, 15) is 9.59 Å². The van der Waals surface area contributed by atoms with Crippen LogP contribution >= 0.6 is 11.6 Å². The van der Waals surface area contributed by atoms with E-state index in [-0.39, 0.29) is 11.8 Å². The molecule has 0 bridgehead atoms. The fraction of sp³-hybridized carbons (Fsp3) is 0.364. The van der Waals surface area contributed by atoms with Crippen LogP contribution in [0.25, 0.3) is 11.0 Å². The molecule has 8 heteroatoms. The smallest absolute Gasteiger partial charge is 0.252 e. The highest BCUT2D eigenvalue weighted by atomic mass is 35.5. The molecule has 7 nitrogen and oxygen atoms in total. The van der Waals surface area contributed by atoms with Crippen LogP contribution in [0.4, 0.5) is 5.69 Å². The fourth-order valence-electron chi connectivity index (χ4n) is 3.19. The van der Waals surface area contributed by atoms with Gasteiger partial charge in [-0.2, -0.15) is 0 Å². The van der Waals surface area contributed by atoms with Crippen molar-refractivity contribution in [1.82, 2.24) is 19.9 Å². The minimum Gasteiger partial charge on any atom is -0.352 e. The van der Waals surface area contributed by atoms with Crippen molar-refractivity contribution in [2.24, 2.45) is 13.0 Å². The number of pyridine rings is 1. The van der Waals surface area contributed by atoms with Crippen molar-refractivity contribution in [3.05, 3.63) is 53.1 Å². The fourth-order valence-corrected chi connectivity index (χ4v) is 3.31. The number of imidazole rings is 1. The summed E-state index contributed by atoms with van der Waals surface area (Å²) in [6.45, 7) is 4.56. The number of anilines is 1. The SMILES string of the molecule is CC(C)CC(=O)Nc1ccc2c(c1)nc(CCCNC(=O)c1ccc(Cl)nc1)n2C. The Morgan fingerprint density at radius 2 is 2.00 bits per heavy atom. The average Bonchev–Trinajstić information content (AvgIpc) is 3.00. The highest BCUT2D eigenvalue weighted by Gasteiger charge is 2.11. The first-order valence-corrected chi connectivity index (χ1v) is 10.4. The summed E-state index contributed by atoms with van der Waals surface area (Å²) in [4.78, 5) is 32.7. The van der Waals surface area contributed by atoms with Gasteiger partial charge in [-0.15, -0.1) is 0 Å². The monoisotopic (exact) mass is 427 g/mol. The summed E-state index contributed by atoms with van der Waals surface area (Å²) in [5.74, 6) is 1.07. The lowest BCUT2D eigenvalue weighted by atomic mass is 10.1. The second-order valence-electron chi connectivity index (χ2n) is 7.67. The number of amides is 2. The third-order valence-electron chi connectivity index (χ3n) is 4.70. The van der Waals surface area contributed by atoms with Crippen molar-refractivity contribution in [3.63, 3.8) is 0 Å². The van der Waals surface area contributed by atoms with Gasteiger partial charge in [-0.05, 0) is 42.7 Å². The van der Waals surface area contributed by atoms with Gasteiger partial charge in [0.2, 0.25) is 5.91 Å². The van der Waals surface area contributed by atoms with Gasteiger partial charge in [0.05, 0.1) is 16.6 Å². The van der Waals surface area contributed by atoms with E-state index >= 15 is 0 Å². The lowest BCUT2D eigenvalue weighted by molar-refractivity contribution is -0.116. The molecule has 0 aliphatic carbocycles. The van der Waals surface area contributed by atoms with E-state index in [2.05, 4.69) is 15.6 Å². The zero-order valence-corrected chi connectivity index (χ0v) is 18.2. The summed E-state index contributed by atoms with van der Waals surface area (Å²) in [5, 5.41) is 6.17. The molecule has 2 N–H and O–H groups in total. The molecule has 3 rings (SSSR count). The largest absolute Gasteiger partial charge is 0.352 e. The molecule has 1 aromatic carbocycles. The first kappa shape index (κ1) is 21.8. The quantitative estimate of drug-likeness (QED) is 0.420. The van der Waals surface area contributed by atoms with E-state index in [0.29, 0.717) is 29.6 Å². The zero-order chi connectivity index (χ0) is 21.7. The van der Waals surface area contributed by atoms with Gasteiger partial charge in [0, 0.05) is 38.3 Å². The van der Waals surface area contributed by atoms with Crippen LogP contribution in [0.1, 0.15) is 42.9 Å². The van der Waals surface area contributed by atoms with Gasteiger partial charge in [-0.3, -0.25) is 9.59 Å². The summed E-state index contributed by atoms with van der Waals surface area (Å²) < 4.78 is 2.04. The number of hydrogen-bond donors (Lipinski definition) is 2. The summed E-state index contributed by atoms with van der Waals surface area (Å²) in [6.07, 6.45) is 3.42. The molecule has 0 saturated carbocycles. The third-order valence-corrected chi connectivity index (χ3v) is 4.93. The van der Waals surface area contributed by atoms with Crippen LogP contribution in [-0.4, -0.2) is 32.9 Å². The van der Waals surface area contributed by atoms with Gasteiger partial charge in [0.25, 0.3) is 5.91 Å². The number of aromatic nitrogens is 3. The molecular formula is C22H26ClN5O2. The van der Waals surface area contributed by atoms with Crippen molar-refractivity contribution in [1.29, 1.82) is 0 Å². The number of hydrogen-bond acceptors (Lipinski definition) is 4. The van der Waals surface area contributed by atoms with Crippen molar-refractivity contribution in [2.45, 2.75) is 33.1 Å². The van der Waals surface area contributed by atoms with Crippen molar-refractivity contribution < 1.29 is 9.59 Å². The molecule has 0 saturated heterocycles. The Balaban J connectivity index is 1.57. The molecule has 2 heterocycles. The van der Waals surface area contributed by atoms with Gasteiger partial charge in [0.15, 0.2) is 0 Å². The standard InChI is InChI=1S/C22H26ClN5O2/c1-14(2)11-21(29)26-16-7-8-18-17(12-16)27-20(28(18)3)5-4-10-24-22(30)15-6-9-19(23)25-13-15/h6-9,12-14H,4-5,10-11H2,1-3H3,(H,24,30)(H,26,29). The average molecular weight is 428 g/mol. The third kappa shape index (κ3) is 5.57. The topological polar surface area (TPSA) is 88.9 Å². The molecule has 0 spiro atoms. The number of benzene rings is 1. The number of nitrogens with one attached hydrogen (secondary N) is 2. The Morgan fingerprint density at radius 3 is 2.70 bits per heavy atom. The van der Waals surface area contributed by atoms with Crippen LogP contribution in [0.15, 0.2) is 36.5 Å². The lowest BCUT2D eigenvalue weighted by Crippen LogP contribution is -2.25. The second kappa shape index (κ2) is 9.71. The number of nitrogens with zero attached hydrogens (tertiary/aromatic N) is 3. The van der Waals surface area contributed by atoms with E-state index in [1.54, 1.807) is 12.1 Å². The van der Waals surface area contributed by atoms with Gasteiger partial charge in [-0.25, -0.2) is 9.97 Å². The van der Waals surface area contributed by atoms with Gasteiger partial charge >= 0.3 is 0 Å². The van der Waals surface area contributed by atoms with Crippen LogP contribution in [0.5, 0.6) is 0 Å². The Hall–Kier alpha value is -2.93. The van der Waals surface area contributed by atoms with Crippen molar-refractivity contribution in [3.8, 4) is 0 Å². The Bertz CT molecular complexity index is 1040. The maximum Gasteiger partial charge on any atom is 0.252 e. The normalized spacial score (nSPS) is 11.1. The molecule has 2 amide bonds. The summed E-state index contributed by atoms with van der Waals surface area (Å²) in [7, 11) is 1.97. The van der Waals surface area contributed by atoms with Gasteiger partial charge in [-0.1, -0.05) is 25.4 Å². The number of rotatable bonds is 8. The maximum absolute atomic E-state index is 12.1. The molecule has 0 unspecified atom stereocenters. The van der Waals surface area contributed by atoms with Crippen LogP contribution in [0, 0.1) is 5.92 Å². The first-order valence-electron chi connectivity index (χ1n) is 9.98. The molecule has 0 radical (unpaired) electrons. The minimum absolute atomic E-state index is 0.00661. The highest BCUT2D eigenvalue weighted by Crippen LogP contribution is 2.21. The Kier molecular flexibility index (Phi) is 7.05. The molecule has 2 aromatic heterocycles. The lowest BCUT2D eigenvalue weighted by Gasteiger charge is -2.07. The number of carbonyl (C=O) groups excluding carboxylic acids is 2. The molecule has 0 atom stereocenters. The van der Waals surface area contributed by atoms with E-state index in [0.717, 1.165) is 35.4 Å². The first-order chi connectivity index (χ1) is 14.3. The summed E-state index contributed by atoms with van der Waals surface area (Å²) in [5.41, 5.74) is 3.07. The number of carbonyl (C=O) groups is 2.